The van der Waals surface area contributed by atoms with Gasteiger partial charge < -0.3 is 9.88 Å². The molecule has 1 aliphatic rings. The van der Waals surface area contributed by atoms with E-state index in [0.29, 0.717) is 0 Å². The summed E-state index contributed by atoms with van der Waals surface area (Å²) in [5.74, 6) is 0. The van der Waals surface area contributed by atoms with Crippen molar-refractivity contribution in [2.75, 3.05) is 5.32 Å². The summed E-state index contributed by atoms with van der Waals surface area (Å²) < 4.78 is 2.37. The first-order chi connectivity index (χ1) is 31.2. The van der Waals surface area contributed by atoms with Crippen LogP contribution in [0.25, 0.3) is 88.6 Å². The molecule has 0 saturated heterocycles. The van der Waals surface area contributed by atoms with Gasteiger partial charge in [0, 0.05) is 38.8 Å². The highest BCUT2D eigenvalue weighted by atomic mass is 15.0. The van der Waals surface area contributed by atoms with Gasteiger partial charge in [0.25, 0.3) is 0 Å². The number of pyridine rings is 1. The monoisotopic (exact) mass is 803 g/mol. The Hall–Kier alpha value is -8.27. The van der Waals surface area contributed by atoms with E-state index in [-0.39, 0.29) is 6.04 Å². The highest BCUT2D eigenvalue weighted by Gasteiger charge is 2.24. The summed E-state index contributed by atoms with van der Waals surface area (Å²) >= 11 is 0. The third-order valence-electron chi connectivity index (χ3n) is 12.6. The van der Waals surface area contributed by atoms with Crippen LogP contribution in [0.5, 0.6) is 0 Å². The van der Waals surface area contributed by atoms with E-state index in [1.807, 2.05) is 0 Å². The fraction of sp³-hybridized carbons (Fsp3) is 0.0167. The fourth-order valence-electron chi connectivity index (χ4n) is 9.65. The summed E-state index contributed by atoms with van der Waals surface area (Å²) in [4.78, 5) is 5.35. The molecular formula is C60H41N3. The van der Waals surface area contributed by atoms with E-state index in [2.05, 4.69) is 246 Å². The molecule has 0 saturated carbocycles. The Morgan fingerprint density at radius 3 is 1.70 bits per heavy atom. The van der Waals surface area contributed by atoms with Gasteiger partial charge in [-0.25, -0.2) is 4.98 Å². The van der Waals surface area contributed by atoms with Gasteiger partial charge in [0.05, 0.1) is 28.5 Å². The van der Waals surface area contributed by atoms with Gasteiger partial charge in [-0.2, -0.15) is 0 Å². The van der Waals surface area contributed by atoms with Gasteiger partial charge in [0.2, 0.25) is 0 Å². The van der Waals surface area contributed by atoms with Crippen molar-refractivity contribution in [3.05, 3.63) is 253 Å². The normalized spacial score (nSPS) is 13.5. The quantitative estimate of drug-likeness (QED) is 0.174. The van der Waals surface area contributed by atoms with Crippen LogP contribution in [0.4, 0.5) is 5.69 Å². The van der Waals surface area contributed by atoms with Crippen LogP contribution in [0.15, 0.2) is 237 Å². The fourth-order valence-corrected chi connectivity index (χ4v) is 9.65. The van der Waals surface area contributed by atoms with Crippen molar-refractivity contribution in [1.82, 2.24) is 9.55 Å². The first-order valence-electron chi connectivity index (χ1n) is 21.7. The second-order valence-electron chi connectivity index (χ2n) is 16.4. The molecular weight excluding hydrogens is 763 g/mol. The molecule has 11 aromatic rings. The van der Waals surface area contributed by atoms with Crippen molar-refractivity contribution in [3.63, 3.8) is 0 Å². The standard InChI is InChI=1S/C60H41N3/c1-4-17-40(18-5-1)53-39-57(42-21-8-3-9-22-42)61-54-34-33-49-48(29-16-30-52(49)60(53)54)44-24-14-23-43(35-44)46-37-55(41-19-6-2-7-20-41)62-56(38-46)45-25-15-26-47(36-45)63-58-31-12-10-27-50(58)51-28-11-13-32-59(51)63/h1-39,57,61H. The van der Waals surface area contributed by atoms with E-state index in [1.165, 1.54) is 66.0 Å². The van der Waals surface area contributed by atoms with Crippen LogP contribution in [0.1, 0.15) is 22.7 Å². The molecule has 0 radical (unpaired) electrons. The third kappa shape index (κ3) is 6.50. The number of hydrogen-bond donors (Lipinski definition) is 1. The number of nitrogens with one attached hydrogen (secondary N) is 1. The van der Waals surface area contributed by atoms with Crippen LogP contribution in [0, 0.1) is 0 Å². The van der Waals surface area contributed by atoms with Crippen LogP contribution < -0.4 is 5.32 Å². The summed E-state index contributed by atoms with van der Waals surface area (Å²) in [5, 5.41) is 8.82. The molecule has 296 valence electrons. The van der Waals surface area contributed by atoms with Gasteiger partial charge in [-0.1, -0.05) is 182 Å². The molecule has 9 aromatic carbocycles. The molecule has 1 N–H and O–H groups in total. The molecule has 12 rings (SSSR count). The van der Waals surface area contributed by atoms with Gasteiger partial charge in [-0.3, -0.25) is 0 Å². The molecule has 3 heterocycles. The number of fused-ring (bicyclic) bond motifs is 6. The molecule has 0 spiro atoms. The average molecular weight is 804 g/mol. The van der Waals surface area contributed by atoms with Crippen LogP contribution >= 0.6 is 0 Å². The second kappa shape index (κ2) is 15.3. The minimum absolute atomic E-state index is 0.0633. The number of nitrogens with zero attached hydrogens (tertiary/aromatic N) is 2. The Kier molecular flexibility index (Phi) is 8.90. The molecule has 2 aromatic heterocycles. The lowest BCUT2D eigenvalue weighted by Gasteiger charge is -2.29. The third-order valence-corrected chi connectivity index (χ3v) is 12.6. The molecule has 1 aliphatic heterocycles. The molecule has 1 unspecified atom stereocenters. The summed E-state index contributed by atoms with van der Waals surface area (Å²) in [6, 6.07) is 83.0. The summed E-state index contributed by atoms with van der Waals surface area (Å²) in [6.45, 7) is 0. The summed E-state index contributed by atoms with van der Waals surface area (Å²) in [6.07, 6.45) is 2.39. The zero-order valence-corrected chi connectivity index (χ0v) is 34.5. The number of rotatable bonds is 7. The van der Waals surface area contributed by atoms with Crippen molar-refractivity contribution in [2.45, 2.75) is 6.04 Å². The van der Waals surface area contributed by atoms with Gasteiger partial charge in [-0.05, 0) is 104 Å². The van der Waals surface area contributed by atoms with Gasteiger partial charge in [0.15, 0.2) is 0 Å². The smallest absolute Gasteiger partial charge is 0.0716 e. The Morgan fingerprint density at radius 1 is 0.381 bits per heavy atom. The van der Waals surface area contributed by atoms with Crippen LogP contribution in [-0.4, -0.2) is 9.55 Å². The maximum atomic E-state index is 5.35. The molecule has 0 bridgehead atoms. The van der Waals surface area contributed by atoms with E-state index in [1.54, 1.807) is 0 Å². The Balaban J connectivity index is 0.981. The molecule has 3 nitrogen and oxygen atoms in total. The first kappa shape index (κ1) is 36.6. The zero-order chi connectivity index (χ0) is 41.7. The topological polar surface area (TPSA) is 29.9 Å². The molecule has 63 heavy (non-hydrogen) atoms. The number of anilines is 1. The van der Waals surface area contributed by atoms with E-state index < -0.39 is 0 Å². The minimum atomic E-state index is 0.0633. The summed E-state index contributed by atoms with van der Waals surface area (Å²) in [5.41, 5.74) is 18.2. The predicted octanol–water partition coefficient (Wildman–Crippen LogP) is 15.6. The number of para-hydroxylation sites is 2. The van der Waals surface area contributed by atoms with Gasteiger partial charge in [-0.15, -0.1) is 0 Å². The van der Waals surface area contributed by atoms with E-state index in [9.17, 15) is 0 Å². The lowest BCUT2D eigenvalue weighted by atomic mass is 9.85. The van der Waals surface area contributed by atoms with Crippen molar-refractivity contribution in [2.24, 2.45) is 0 Å². The highest BCUT2D eigenvalue weighted by molar-refractivity contribution is 6.10. The molecule has 0 fully saturated rings. The molecule has 0 amide bonds. The minimum Gasteiger partial charge on any atom is -0.374 e. The van der Waals surface area contributed by atoms with E-state index in [0.717, 1.165) is 45.0 Å². The SMILES string of the molecule is C1=C(c2ccccc2)c2c(ccc3c(-c4cccc(-c5cc(-c6ccccc6)nc(-c6cccc(-n7c8ccccc8c8ccccc87)c6)c5)c4)cccc23)NC1c1ccccc1. The van der Waals surface area contributed by atoms with Gasteiger partial charge >= 0.3 is 0 Å². The van der Waals surface area contributed by atoms with Crippen molar-refractivity contribution in [1.29, 1.82) is 0 Å². The lowest BCUT2D eigenvalue weighted by Crippen LogP contribution is -2.15. The first-order valence-corrected chi connectivity index (χ1v) is 21.7. The van der Waals surface area contributed by atoms with Crippen LogP contribution in [0.3, 0.4) is 0 Å². The maximum Gasteiger partial charge on any atom is 0.0716 e. The average Bonchev–Trinajstić information content (AvgIpc) is 3.71. The summed E-state index contributed by atoms with van der Waals surface area (Å²) in [7, 11) is 0. The molecule has 3 heteroatoms. The van der Waals surface area contributed by atoms with Crippen molar-refractivity contribution in [3.8, 4) is 50.5 Å². The van der Waals surface area contributed by atoms with Crippen molar-refractivity contribution >= 4 is 43.8 Å². The lowest BCUT2D eigenvalue weighted by molar-refractivity contribution is 0.974. The van der Waals surface area contributed by atoms with E-state index >= 15 is 0 Å². The van der Waals surface area contributed by atoms with Crippen LogP contribution in [0.2, 0.25) is 0 Å². The Morgan fingerprint density at radius 2 is 0.952 bits per heavy atom. The maximum absolute atomic E-state index is 5.35. The predicted molar refractivity (Wildman–Crippen MR) is 264 cm³/mol. The number of benzene rings is 9. The van der Waals surface area contributed by atoms with Crippen molar-refractivity contribution < 1.29 is 0 Å². The zero-order valence-electron chi connectivity index (χ0n) is 34.5. The van der Waals surface area contributed by atoms with Crippen LogP contribution in [-0.2, 0) is 0 Å². The second-order valence-corrected chi connectivity index (χ2v) is 16.4. The van der Waals surface area contributed by atoms with E-state index in [4.69, 9.17) is 4.98 Å². The number of hydrogen-bond acceptors (Lipinski definition) is 2. The Labute approximate surface area is 366 Å². The molecule has 0 aliphatic carbocycles. The largest absolute Gasteiger partial charge is 0.374 e. The Bertz CT molecular complexity index is 3480. The van der Waals surface area contributed by atoms with Gasteiger partial charge in [0.1, 0.15) is 0 Å². The molecule has 1 atom stereocenters. The number of aromatic nitrogens is 2. The highest BCUT2D eigenvalue weighted by Crippen LogP contribution is 2.45.